The number of hydrogen-bond donors (Lipinski definition) is 2. The lowest BCUT2D eigenvalue weighted by molar-refractivity contribution is -0.160. The molecule has 0 amide bonds. The highest BCUT2D eigenvalue weighted by molar-refractivity contribution is 6.30. The Balaban J connectivity index is 2.40. The summed E-state index contributed by atoms with van der Waals surface area (Å²) in [5.74, 6) is 4.69. The second-order valence-corrected chi connectivity index (χ2v) is 9.26. The second kappa shape index (κ2) is 9.34. The van der Waals surface area contributed by atoms with Crippen LogP contribution in [0.1, 0.15) is 50.5 Å². The van der Waals surface area contributed by atoms with E-state index in [-0.39, 0.29) is 0 Å². The van der Waals surface area contributed by atoms with E-state index < -0.39 is 23.8 Å². The molecule has 2 unspecified atom stereocenters. The summed E-state index contributed by atoms with van der Waals surface area (Å²) in [4.78, 5) is 12.4. The number of carbonyl (C=O) groups is 1. The Bertz CT molecular complexity index is 1210. The largest absolute Gasteiger partial charge is 0.479 e. The normalized spacial score (nSPS) is 13.3. The van der Waals surface area contributed by atoms with E-state index in [0.29, 0.717) is 10.6 Å². The van der Waals surface area contributed by atoms with E-state index in [4.69, 9.17) is 16.3 Å². The monoisotopic (exact) mass is 450 g/mol. The Hall–Kier alpha value is -2.84. The van der Waals surface area contributed by atoms with Gasteiger partial charge in [-0.2, -0.15) is 0 Å². The maximum atomic E-state index is 12.4. The Morgan fingerprint density at radius 2 is 1.75 bits per heavy atom. The quantitative estimate of drug-likeness (QED) is 0.468. The van der Waals surface area contributed by atoms with Crippen molar-refractivity contribution < 1.29 is 19.7 Å². The maximum Gasteiger partial charge on any atom is 0.337 e. The van der Waals surface area contributed by atoms with E-state index >= 15 is 0 Å². The van der Waals surface area contributed by atoms with Crippen molar-refractivity contribution in [3.8, 4) is 23.0 Å². The van der Waals surface area contributed by atoms with E-state index in [2.05, 4.69) is 11.8 Å². The molecule has 0 fully saturated rings. The molecule has 0 aliphatic heterocycles. The number of aliphatic carboxylic acids is 1. The minimum atomic E-state index is -1.16. The standard InChI is InChI=1S/C27H27ClO4/c1-16-14-20-9-8-18(7-6-17(2)29)15-22(20)24(19-10-12-21(28)13-11-19)23(16)25(26(30)31)32-27(3,4)5/h8-15,17,25,29H,1-5H3,(H,30,31). The SMILES string of the molecule is Cc1cc2ccc(C#CC(C)O)cc2c(-c2ccc(Cl)cc2)c1C(OC(C)(C)C)C(=O)O. The van der Waals surface area contributed by atoms with Gasteiger partial charge in [0.1, 0.15) is 6.10 Å². The predicted octanol–water partition coefficient (Wildman–Crippen LogP) is 6.14. The summed E-state index contributed by atoms with van der Waals surface area (Å²) in [5.41, 5.74) is 3.10. The molecule has 32 heavy (non-hydrogen) atoms. The summed E-state index contributed by atoms with van der Waals surface area (Å²) >= 11 is 6.12. The lowest BCUT2D eigenvalue weighted by atomic mass is 9.86. The molecule has 2 N–H and O–H groups in total. The molecule has 0 saturated heterocycles. The molecular formula is C27H27ClO4. The van der Waals surface area contributed by atoms with Crippen molar-refractivity contribution in [2.75, 3.05) is 0 Å². The zero-order valence-corrected chi connectivity index (χ0v) is 19.6. The van der Waals surface area contributed by atoms with E-state index in [1.54, 1.807) is 19.1 Å². The molecule has 0 bridgehead atoms. The van der Waals surface area contributed by atoms with Gasteiger partial charge in [-0.15, -0.1) is 0 Å². The highest BCUT2D eigenvalue weighted by Crippen LogP contribution is 2.41. The number of aliphatic hydroxyl groups excluding tert-OH is 1. The van der Waals surface area contributed by atoms with Crippen molar-refractivity contribution in [3.63, 3.8) is 0 Å². The van der Waals surface area contributed by atoms with E-state index in [1.807, 2.05) is 64.1 Å². The smallest absolute Gasteiger partial charge is 0.337 e. The van der Waals surface area contributed by atoms with Crippen molar-refractivity contribution in [2.45, 2.75) is 52.4 Å². The fraction of sp³-hybridized carbons (Fsp3) is 0.296. The van der Waals surface area contributed by atoms with Crippen LogP contribution in [-0.2, 0) is 9.53 Å². The molecule has 0 heterocycles. The first-order valence-electron chi connectivity index (χ1n) is 10.4. The van der Waals surface area contributed by atoms with Gasteiger partial charge in [-0.3, -0.25) is 0 Å². The lowest BCUT2D eigenvalue weighted by Crippen LogP contribution is -2.28. The van der Waals surface area contributed by atoms with Gasteiger partial charge in [-0.25, -0.2) is 4.79 Å². The first kappa shape index (κ1) is 23.8. The Kier molecular flexibility index (Phi) is 6.95. The summed E-state index contributed by atoms with van der Waals surface area (Å²) in [6.45, 7) is 9.02. The molecule has 5 heteroatoms. The van der Waals surface area contributed by atoms with Crippen LogP contribution in [-0.4, -0.2) is 27.9 Å². The maximum absolute atomic E-state index is 12.4. The number of aryl methyl sites for hydroxylation is 1. The minimum absolute atomic E-state index is 0.594. The van der Waals surface area contributed by atoms with Gasteiger partial charge in [0.2, 0.25) is 0 Å². The third kappa shape index (κ3) is 5.49. The number of carboxylic acid groups (broad SMARTS) is 1. The van der Waals surface area contributed by atoms with Gasteiger partial charge >= 0.3 is 5.97 Å². The van der Waals surface area contributed by atoms with Gasteiger partial charge in [-0.1, -0.05) is 47.7 Å². The molecule has 0 saturated carbocycles. The average Bonchev–Trinajstić information content (AvgIpc) is 2.69. The molecule has 3 aromatic rings. The highest BCUT2D eigenvalue weighted by Gasteiger charge is 2.31. The number of ether oxygens (including phenoxy) is 1. The molecule has 4 nitrogen and oxygen atoms in total. The molecule has 0 aromatic heterocycles. The number of carboxylic acids is 1. The lowest BCUT2D eigenvalue weighted by Gasteiger charge is -2.28. The molecular weight excluding hydrogens is 424 g/mol. The van der Waals surface area contributed by atoms with E-state index in [9.17, 15) is 15.0 Å². The Morgan fingerprint density at radius 3 is 2.31 bits per heavy atom. The Morgan fingerprint density at radius 1 is 1.09 bits per heavy atom. The van der Waals surface area contributed by atoms with Crippen LogP contribution < -0.4 is 0 Å². The number of hydrogen-bond acceptors (Lipinski definition) is 3. The third-order valence-electron chi connectivity index (χ3n) is 4.90. The van der Waals surface area contributed by atoms with Gasteiger partial charge in [-0.05, 0) is 86.3 Å². The molecule has 3 aromatic carbocycles. The predicted molar refractivity (Wildman–Crippen MR) is 129 cm³/mol. The molecule has 0 aliphatic carbocycles. The van der Waals surface area contributed by atoms with Crippen molar-refractivity contribution in [1.82, 2.24) is 0 Å². The molecule has 166 valence electrons. The molecule has 0 spiro atoms. The van der Waals surface area contributed by atoms with Crippen LogP contribution in [0.4, 0.5) is 0 Å². The van der Waals surface area contributed by atoms with Crippen LogP contribution in [0.5, 0.6) is 0 Å². The molecule has 2 atom stereocenters. The second-order valence-electron chi connectivity index (χ2n) is 8.82. The first-order chi connectivity index (χ1) is 15.0. The van der Waals surface area contributed by atoms with Crippen LogP contribution in [0.3, 0.4) is 0 Å². The topological polar surface area (TPSA) is 66.8 Å². The van der Waals surface area contributed by atoms with Gasteiger partial charge < -0.3 is 14.9 Å². The van der Waals surface area contributed by atoms with Crippen molar-refractivity contribution in [3.05, 3.63) is 70.2 Å². The van der Waals surface area contributed by atoms with Gasteiger partial charge in [0.25, 0.3) is 0 Å². The van der Waals surface area contributed by atoms with Crippen LogP contribution in [0, 0.1) is 18.8 Å². The van der Waals surface area contributed by atoms with Gasteiger partial charge in [0.05, 0.1) is 5.60 Å². The van der Waals surface area contributed by atoms with Gasteiger partial charge in [0, 0.05) is 16.1 Å². The van der Waals surface area contributed by atoms with E-state index in [0.717, 1.165) is 33.0 Å². The third-order valence-corrected chi connectivity index (χ3v) is 5.16. The zero-order valence-electron chi connectivity index (χ0n) is 18.9. The van der Waals surface area contributed by atoms with E-state index in [1.165, 1.54) is 0 Å². The van der Waals surface area contributed by atoms with Crippen molar-refractivity contribution >= 4 is 28.3 Å². The molecule has 0 radical (unpaired) electrons. The minimum Gasteiger partial charge on any atom is -0.479 e. The molecule has 3 rings (SSSR count). The molecule has 0 aliphatic rings. The average molecular weight is 451 g/mol. The summed E-state index contributed by atoms with van der Waals surface area (Å²) in [5, 5.41) is 22.1. The summed E-state index contributed by atoms with van der Waals surface area (Å²) in [6, 6.07) is 15.1. The number of benzene rings is 3. The van der Waals surface area contributed by atoms with Gasteiger partial charge in [0.15, 0.2) is 6.10 Å². The summed E-state index contributed by atoms with van der Waals surface area (Å²) in [6.07, 6.45) is -1.90. The van der Waals surface area contributed by atoms with Crippen molar-refractivity contribution in [1.29, 1.82) is 0 Å². The number of aliphatic hydroxyl groups is 1. The Labute approximate surface area is 193 Å². The van der Waals surface area contributed by atoms with Crippen LogP contribution >= 0.6 is 11.6 Å². The van der Waals surface area contributed by atoms with Crippen LogP contribution in [0.15, 0.2) is 48.5 Å². The summed E-state index contributed by atoms with van der Waals surface area (Å²) < 4.78 is 6.02. The van der Waals surface area contributed by atoms with Crippen LogP contribution in [0.2, 0.25) is 5.02 Å². The highest BCUT2D eigenvalue weighted by atomic mass is 35.5. The number of rotatable bonds is 4. The van der Waals surface area contributed by atoms with Crippen LogP contribution in [0.25, 0.3) is 21.9 Å². The number of fused-ring (bicyclic) bond motifs is 1. The van der Waals surface area contributed by atoms with Crippen molar-refractivity contribution in [2.24, 2.45) is 0 Å². The summed E-state index contributed by atoms with van der Waals surface area (Å²) in [7, 11) is 0. The first-order valence-corrected chi connectivity index (χ1v) is 10.8. The zero-order chi connectivity index (χ0) is 23.6. The number of halogens is 1. The fourth-order valence-corrected chi connectivity index (χ4v) is 3.80. The fourth-order valence-electron chi connectivity index (χ4n) is 3.67.